The average molecular weight is 434 g/mol. The summed E-state index contributed by atoms with van der Waals surface area (Å²) in [5.74, 6) is 0.732. The Bertz CT molecular complexity index is 1060. The molecule has 3 aromatic rings. The van der Waals surface area contributed by atoms with E-state index < -0.39 is 11.2 Å². The standard InChI is InChI=1S/C20H27N5O2S2/c1-12(2)8-24(10-14-11-29-19(22-14)15-6-5-7-28-15)16-17(21)25(9-13(3)4)20(27)23-18(16)26/h5-7,11-13H,8-10,21H2,1-4H3,(H,23,26,27). The molecule has 0 fully saturated rings. The number of rotatable bonds is 8. The first-order chi connectivity index (χ1) is 13.8. The van der Waals surface area contributed by atoms with E-state index in [1.54, 1.807) is 22.7 Å². The number of anilines is 2. The molecule has 3 heterocycles. The minimum Gasteiger partial charge on any atom is -0.383 e. The maximum absolute atomic E-state index is 12.7. The van der Waals surface area contributed by atoms with E-state index in [2.05, 4.69) is 18.8 Å². The molecule has 0 saturated carbocycles. The van der Waals surface area contributed by atoms with Crippen LogP contribution in [0.15, 0.2) is 32.5 Å². The van der Waals surface area contributed by atoms with Gasteiger partial charge in [-0.1, -0.05) is 33.8 Å². The van der Waals surface area contributed by atoms with Crippen molar-refractivity contribution < 1.29 is 0 Å². The zero-order chi connectivity index (χ0) is 21.1. The molecule has 0 radical (unpaired) electrons. The molecule has 29 heavy (non-hydrogen) atoms. The van der Waals surface area contributed by atoms with Crippen molar-refractivity contribution in [2.75, 3.05) is 17.2 Å². The highest BCUT2D eigenvalue weighted by molar-refractivity contribution is 7.20. The van der Waals surface area contributed by atoms with Crippen LogP contribution in [-0.4, -0.2) is 21.1 Å². The number of thiazole rings is 1. The van der Waals surface area contributed by atoms with Gasteiger partial charge in [-0.05, 0) is 23.3 Å². The lowest BCUT2D eigenvalue weighted by atomic mass is 10.2. The number of nitrogens with zero attached hydrogens (tertiary/aromatic N) is 3. The summed E-state index contributed by atoms with van der Waals surface area (Å²) in [5, 5.41) is 5.00. The fourth-order valence-electron chi connectivity index (χ4n) is 3.19. The Balaban J connectivity index is 1.99. The number of thiophene rings is 1. The van der Waals surface area contributed by atoms with Crippen LogP contribution in [0.3, 0.4) is 0 Å². The van der Waals surface area contributed by atoms with Crippen LogP contribution in [-0.2, 0) is 13.1 Å². The Morgan fingerprint density at radius 3 is 2.59 bits per heavy atom. The van der Waals surface area contributed by atoms with Crippen molar-refractivity contribution in [1.82, 2.24) is 14.5 Å². The molecule has 0 bridgehead atoms. The third-order valence-corrected chi connectivity index (χ3v) is 6.23. The van der Waals surface area contributed by atoms with Crippen LogP contribution in [0.2, 0.25) is 0 Å². The molecular weight excluding hydrogens is 406 g/mol. The molecule has 0 aliphatic carbocycles. The van der Waals surface area contributed by atoms with E-state index in [-0.39, 0.29) is 11.7 Å². The van der Waals surface area contributed by atoms with Gasteiger partial charge in [0.25, 0.3) is 5.56 Å². The van der Waals surface area contributed by atoms with Gasteiger partial charge in [-0.25, -0.2) is 9.78 Å². The Morgan fingerprint density at radius 1 is 1.21 bits per heavy atom. The smallest absolute Gasteiger partial charge is 0.330 e. The molecule has 0 atom stereocenters. The van der Waals surface area contributed by atoms with E-state index >= 15 is 0 Å². The van der Waals surface area contributed by atoms with Crippen LogP contribution in [0.5, 0.6) is 0 Å². The molecule has 3 aromatic heterocycles. The maximum Gasteiger partial charge on any atom is 0.330 e. The van der Waals surface area contributed by atoms with Crippen molar-refractivity contribution in [1.29, 1.82) is 0 Å². The van der Waals surface area contributed by atoms with Gasteiger partial charge in [-0.15, -0.1) is 22.7 Å². The fraction of sp³-hybridized carbons (Fsp3) is 0.450. The summed E-state index contributed by atoms with van der Waals surface area (Å²) in [7, 11) is 0. The van der Waals surface area contributed by atoms with Gasteiger partial charge in [0.2, 0.25) is 0 Å². The molecule has 0 aromatic carbocycles. The molecule has 0 saturated heterocycles. The molecule has 7 nitrogen and oxygen atoms in total. The fourth-order valence-corrected chi connectivity index (χ4v) is 4.82. The quantitative estimate of drug-likeness (QED) is 0.565. The third-order valence-electron chi connectivity index (χ3n) is 4.30. The van der Waals surface area contributed by atoms with Gasteiger partial charge in [0.15, 0.2) is 0 Å². The molecule has 0 unspecified atom stereocenters. The van der Waals surface area contributed by atoms with Gasteiger partial charge < -0.3 is 10.6 Å². The molecule has 0 amide bonds. The second kappa shape index (κ2) is 8.96. The number of nitrogens with two attached hydrogens (primary N) is 1. The molecule has 3 rings (SSSR count). The largest absolute Gasteiger partial charge is 0.383 e. The van der Waals surface area contributed by atoms with Gasteiger partial charge >= 0.3 is 5.69 Å². The normalized spacial score (nSPS) is 11.5. The zero-order valence-electron chi connectivity index (χ0n) is 17.1. The third kappa shape index (κ3) is 4.97. The van der Waals surface area contributed by atoms with Crippen LogP contribution in [0, 0.1) is 11.8 Å². The number of H-pyrrole nitrogens is 1. The number of hydrogen-bond donors (Lipinski definition) is 2. The van der Waals surface area contributed by atoms with E-state index in [1.807, 2.05) is 41.6 Å². The van der Waals surface area contributed by atoms with E-state index in [4.69, 9.17) is 10.7 Å². The highest BCUT2D eigenvalue weighted by Gasteiger charge is 2.21. The Hall–Kier alpha value is -2.39. The number of aromatic amines is 1. The lowest BCUT2D eigenvalue weighted by molar-refractivity contribution is 0.505. The first kappa shape index (κ1) is 21.3. The van der Waals surface area contributed by atoms with Crippen molar-refractivity contribution >= 4 is 34.2 Å². The Morgan fingerprint density at radius 2 is 1.97 bits per heavy atom. The van der Waals surface area contributed by atoms with E-state index in [0.29, 0.717) is 31.2 Å². The monoisotopic (exact) mass is 433 g/mol. The minimum atomic E-state index is -0.469. The van der Waals surface area contributed by atoms with Crippen molar-refractivity contribution in [3.63, 3.8) is 0 Å². The molecular formula is C20H27N5O2S2. The lowest BCUT2D eigenvalue weighted by Crippen LogP contribution is -2.40. The second-order valence-electron chi connectivity index (χ2n) is 7.89. The van der Waals surface area contributed by atoms with Gasteiger partial charge in [0, 0.05) is 18.5 Å². The molecule has 0 aliphatic rings. The van der Waals surface area contributed by atoms with Crippen molar-refractivity contribution in [3.8, 4) is 9.88 Å². The summed E-state index contributed by atoms with van der Waals surface area (Å²) in [5.41, 5.74) is 6.62. The SMILES string of the molecule is CC(C)CN(Cc1csc(-c2cccs2)n1)c1c(N)n(CC(C)C)c(=O)[nH]c1=O. The molecule has 156 valence electrons. The summed E-state index contributed by atoms with van der Waals surface area (Å²) in [6.45, 7) is 9.70. The van der Waals surface area contributed by atoms with Gasteiger partial charge in [0.1, 0.15) is 16.5 Å². The van der Waals surface area contributed by atoms with E-state index in [9.17, 15) is 9.59 Å². The van der Waals surface area contributed by atoms with Crippen molar-refractivity contribution in [3.05, 3.63) is 49.4 Å². The summed E-state index contributed by atoms with van der Waals surface area (Å²) in [6, 6.07) is 4.05. The zero-order valence-corrected chi connectivity index (χ0v) is 18.8. The van der Waals surface area contributed by atoms with Gasteiger partial charge in [0.05, 0.1) is 17.1 Å². The highest BCUT2D eigenvalue weighted by Crippen LogP contribution is 2.29. The maximum atomic E-state index is 12.7. The lowest BCUT2D eigenvalue weighted by Gasteiger charge is -2.27. The van der Waals surface area contributed by atoms with E-state index in [1.165, 1.54) is 4.57 Å². The topological polar surface area (TPSA) is 97.0 Å². The van der Waals surface area contributed by atoms with Crippen LogP contribution in [0.25, 0.3) is 9.88 Å². The van der Waals surface area contributed by atoms with Crippen LogP contribution < -0.4 is 21.9 Å². The molecule has 0 aliphatic heterocycles. The Kier molecular flexibility index (Phi) is 6.59. The molecule has 0 spiro atoms. The van der Waals surface area contributed by atoms with Crippen LogP contribution in [0.4, 0.5) is 11.5 Å². The molecule has 9 heteroatoms. The van der Waals surface area contributed by atoms with Crippen LogP contribution >= 0.6 is 22.7 Å². The predicted molar refractivity (Wildman–Crippen MR) is 122 cm³/mol. The predicted octanol–water partition coefficient (Wildman–Crippen LogP) is 3.62. The van der Waals surface area contributed by atoms with Crippen LogP contribution in [0.1, 0.15) is 33.4 Å². The number of nitrogens with one attached hydrogen (secondary N) is 1. The van der Waals surface area contributed by atoms with E-state index in [0.717, 1.165) is 15.6 Å². The molecule has 3 N–H and O–H groups in total. The van der Waals surface area contributed by atoms with Crippen molar-refractivity contribution in [2.45, 2.75) is 40.8 Å². The first-order valence-electron chi connectivity index (χ1n) is 9.62. The van der Waals surface area contributed by atoms with Gasteiger partial charge in [-0.3, -0.25) is 14.3 Å². The number of aromatic nitrogens is 3. The first-order valence-corrected chi connectivity index (χ1v) is 11.4. The highest BCUT2D eigenvalue weighted by atomic mass is 32.1. The number of nitrogen functional groups attached to an aromatic ring is 1. The average Bonchev–Trinajstić information content (AvgIpc) is 3.29. The summed E-state index contributed by atoms with van der Waals surface area (Å²) < 4.78 is 1.45. The number of hydrogen-bond acceptors (Lipinski definition) is 7. The summed E-state index contributed by atoms with van der Waals surface area (Å²) >= 11 is 3.24. The minimum absolute atomic E-state index is 0.210. The Labute approximate surface area is 177 Å². The summed E-state index contributed by atoms with van der Waals surface area (Å²) in [6.07, 6.45) is 0. The summed E-state index contributed by atoms with van der Waals surface area (Å²) in [4.78, 5) is 35.2. The van der Waals surface area contributed by atoms with Gasteiger partial charge in [-0.2, -0.15) is 0 Å². The second-order valence-corrected chi connectivity index (χ2v) is 9.70. The van der Waals surface area contributed by atoms with Crippen molar-refractivity contribution in [2.24, 2.45) is 11.8 Å².